The van der Waals surface area contributed by atoms with Crippen LogP contribution in [0.25, 0.3) is 0 Å². The molecule has 2 aromatic rings. The molecule has 1 aliphatic rings. The lowest BCUT2D eigenvalue weighted by Crippen LogP contribution is -2.19. The Morgan fingerprint density at radius 3 is 2.27 bits per heavy atom. The predicted octanol–water partition coefficient (Wildman–Crippen LogP) is 3.74. The van der Waals surface area contributed by atoms with Gasteiger partial charge in [0.1, 0.15) is 5.41 Å². The number of sulfone groups is 1. The van der Waals surface area contributed by atoms with Crippen molar-refractivity contribution in [2.24, 2.45) is 5.41 Å². The van der Waals surface area contributed by atoms with Gasteiger partial charge in [0.25, 0.3) is 0 Å². The van der Waals surface area contributed by atoms with Gasteiger partial charge in [-0.1, -0.05) is 49.4 Å². The predicted molar refractivity (Wildman–Crippen MR) is 101 cm³/mol. The highest BCUT2D eigenvalue weighted by molar-refractivity contribution is 7.92. The lowest BCUT2D eigenvalue weighted by atomic mass is 10.00. The van der Waals surface area contributed by atoms with E-state index in [1.54, 1.807) is 30.3 Å². The molecule has 0 amide bonds. The molecule has 0 N–H and O–H groups in total. The van der Waals surface area contributed by atoms with Crippen LogP contribution < -0.4 is 0 Å². The fraction of sp³-hybridized carbons (Fsp3) is 0.381. The van der Waals surface area contributed by atoms with Gasteiger partial charge in [0.05, 0.1) is 22.8 Å². The van der Waals surface area contributed by atoms with Crippen molar-refractivity contribution in [2.75, 3.05) is 13.2 Å². The Morgan fingerprint density at radius 2 is 1.73 bits per heavy atom. The summed E-state index contributed by atoms with van der Waals surface area (Å²) in [7, 11) is -3.63. The molecule has 0 spiro atoms. The molecule has 0 aromatic heterocycles. The summed E-state index contributed by atoms with van der Waals surface area (Å²) in [5.41, 5.74) is 1.02. The van der Waals surface area contributed by atoms with Gasteiger partial charge in [-0.25, -0.2) is 8.42 Å². The molecule has 3 unspecified atom stereocenters. The Bertz CT molecular complexity index is 901. The first-order chi connectivity index (χ1) is 12.5. The van der Waals surface area contributed by atoms with E-state index in [4.69, 9.17) is 4.74 Å². The van der Waals surface area contributed by atoms with Gasteiger partial charge in [-0.15, -0.1) is 0 Å². The molecular formula is C21H23NO3S. The third kappa shape index (κ3) is 3.04. The summed E-state index contributed by atoms with van der Waals surface area (Å²) in [4.78, 5) is 0.258. The molecule has 0 bridgehead atoms. The average molecular weight is 369 g/mol. The van der Waals surface area contributed by atoms with Crippen LogP contribution in [-0.4, -0.2) is 26.9 Å². The Balaban J connectivity index is 2.04. The molecule has 5 heteroatoms. The standard InChI is InChI=1S/C21H23NO3S/c1-3-16-10-12-17(13-11-16)19-20(21(19,14-22)15-25-4-2)26(23,24)18-8-6-5-7-9-18/h5-13,19-20H,3-4,15H2,1-2H3. The van der Waals surface area contributed by atoms with Crippen molar-refractivity contribution in [3.8, 4) is 6.07 Å². The molecule has 4 nitrogen and oxygen atoms in total. The molecule has 2 aromatic carbocycles. The molecule has 0 radical (unpaired) electrons. The quantitative estimate of drug-likeness (QED) is 0.746. The van der Waals surface area contributed by atoms with Gasteiger partial charge in [-0.05, 0) is 36.6 Å². The van der Waals surface area contributed by atoms with Gasteiger partial charge in [0.15, 0.2) is 9.84 Å². The van der Waals surface area contributed by atoms with Gasteiger partial charge in [-0.2, -0.15) is 5.26 Å². The van der Waals surface area contributed by atoms with Crippen molar-refractivity contribution >= 4 is 9.84 Å². The number of ether oxygens (including phenoxy) is 1. The van der Waals surface area contributed by atoms with E-state index in [1.165, 1.54) is 5.56 Å². The summed E-state index contributed by atoms with van der Waals surface area (Å²) in [5, 5.41) is 9.11. The van der Waals surface area contributed by atoms with E-state index in [2.05, 4.69) is 13.0 Å². The van der Waals surface area contributed by atoms with Crippen molar-refractivity contribution in [3.05, 3.63) is 65.7 Å². The third-order valence-corrected chi connectivity index (χ3v) is 7.45. The van der Waals surface area contributed by atoms with Crippen LogP contribution in [0.1, 0.15) is 30.9 Å². The fourth-order valence-corrected chi connectivity index (χ4v) is 5.99. The SMILES string of the molecule is CCOCC1(C#N)C(c2ccc(CC)cc2)C1S(=O)(=O)c1ccccc1. The van der Waals surface area contributed by atoms with Crippen molar-refractivity contribution in [2.45, 2.75) is 36.3 Å². The largest absolute Gasteiger partial charge is 0.380 e. The number of benzene rings is 2. The van der Waals surface area contributed by atoms with Crippen LogP contribution in [0, 0.1) is 16.7 Å². The van der Waals surface area contributed by atoms with Crippen molar-refractivity contribution in [1.29, 1.82) is 5.26 Å². The molecule has 136 valence electrons. The normalized spacial score (nSPS) is 24.8. The van der Waals surface area contributed by atoms with Crippen molar-refractivity contribution < 1.29 is 13.2 Å². The molecule has 3 rings (SSSR count). The molecule has 1 saturated carbocycles. The monoisotopic (exact) mass is 369 g/mol. The van der Waals surface area contributed by atoms with Gasteiger partial charge >= 0.3 is 0 Å². The van der Waals surface area contributed by atoms with E-state index in [9.17, 15) is 13.7 Å². The Hall–Kier alpha value is -2.16. The van der Waals surface area contributed by atoms with Gasteiger partial charge < -0.3 is 4.74 Å². The van der Waals surface area contributed by atoms with E-state index >= 15 is 0 Å². The summed E-state index contributed by atoms with van der Waals surface area (Å²) in [6.45, 7) is 4.49. The van der Waals surface area contributed by atoms with Crippen LogP contribution in [0.5, 0.6) is 0 Å². The second-order valence-corrected chi connectivity index (χ2v) is 8.71. The average Bonchev–Trinajstić information content (AvgIpc) is 3.37. The summed E-state index contributed by atoms with van der Waals surface area (Å²) in [6, 6.07) is 18.6. The maximum Gasteiger partial charge on any atom is 0.183 e. The summed E-state index contributed by atoms with van der Waals surface area (Å²) in [6.07, 6.45) is 0.916. The van der Waals surface area contributed by atoms with Crippen LogP contribution in [0.4, 0.5) is 0 Å². The number of nitrogens with zero attached hydrogens (tertiary/aromatic N) is 1. The van der Waals surface area contributed by atoms with Gasteiger partial charge in [-0.3, -0.25) is 0 Å². The topological polar surface area (TPSA) is 67.2 Å². The smallest absolute Gasteiger partial charge is 0.183 e. The Morgan fingerprint density at radius 1 is 1.08 bits per heavy atom. The third-order valence-electron chi connectivity index (χ3n) is 5.16. The van der Waals surface area contributed by atoms with Crippen molar-refractivity contribution in [1.82, 2.24) is 0 Å². The molecule has 1 fully saturated rings. The number of hydrogen-bond acceptors (Lipinski definition) is 4. The Labute approximate surface area is 155 Å². The highest BCUT2D eigenvalue weighted by atomic mass is 32.2. The van der Waals surface area contributed by atoms with Gasteiger partial charge in [0.2, 0.25) is 0 Å². The van der Waals surface area contributed by atoms with Gasteiger partial charge in [0, 0.05) is 12.5 Å². The summed E-state index contributed by atoms with van der Waals surface area (Å²) >= 11 is 0. The highest BCUT2D eigenvalue weighted by Gasteiger charge is 2.72. The summed E-state index contributed by atoms with van der Waals surface area (Å²) in [5.74, 6) is -0.379. The van der Waals surface area contributed by atoms with E-state index in [-0.39, 0.29) is 17.4 Å². The number of hydrogen-bond donors (Lipinski definition) is 0. The maximum atomic E-state index is 13.2. The number of nitriles is 1. The Kier molecular flexibility index (Phi) is 5.17. The zero-order valence-electron chi connectivity index (χ0n) is 15.1. The molecule has 1 aliphatic carbocycles. The zero-order chi connectivity index (χ0) is 18.8. The van der Waals surface area contributed by atoms with Crippen molar-refractivity contribution in [3.63, 3.8) is 0 Å². The first kappa shape index (κ1) is 18.6. The van der Waals surface area contributed by atoms with Crippen LogP contribution in [-0.2, 0) is 21.0 Å². The summed E-state index contributed by atoms with van der Waals surface area (Å²) < 4.78 is 32.0. The van der Waals surface area contributed by atoms with E-state index in [1.807, 2.05) is 31.2 Å². The second-order valence-electron chi connectivity index (χ2n) is 6.64. The lowest BCUT2D eigenvalue weighted by molar-refractivity contribution is 0.117. The molecule has 0 saturated heterocycles. The minimum absolute atomic E-state index is 0.122. The minimum atomic E-state index is -3.63. The molecule has 3 atom stereocenters. The number of rotatable bonds is 7. The fourth-order valence-electron chi connectivity index (χ4n) is 3.66. The van der Waals surface area contributed by atoms with E-state index in [0.29, 0.717) is 6.61 Å². The minimum Gasteiger partial charge on any atom is -0.380 e. The van der Waals surface area contributed by atoms with Crippen LogP contribution in [0.2, 0.25) is 0 Å². The first-order valence-electron chi connectivity index (χ1n) is 8.88. The zero-order valence-corrected chi connectivity index (χ0v) is 15.9. The molecule has 0 aliphatic heterocycles. The molecule has 26 heavy (non-hydrogen) atoms. The van der Waals surface area contributed by atoms with Crippen LogP contribution in [0.3, 0.4) is 0 Å². The van der Waals surface area contributed by atoms with E-state index < -0.39 is 20.5 Å². The lowest BCUT2D eigenvalue weighted by Gasteiger charge is -2.09. The highest BCUT2D eigenvalue weighted by Crippen LogP contribution is 2.63. The second kappa shape index (κ2) is 7.22. The van der Waals surface area contributed by atoms with Crippen LogP contribution in [0.15, 0.2) is 59.5 Å². The van der Waals surface area contributed by atoms with E-state index in [0.717, 1.165) is 12.0 Å². The molecular weight excluding hydrogens is 346 g/mol. The maximum absolute atomic E-state index is 13.2. The molecule has 0 heterocycles. The number of aryl methyl sites for hydroxylation is 1. The first-order valence-corrected chi connectivity index (χ1v) is 10.4. The van der Waals surface area contributed by atoms with Crippen LogP contribution >= 0.6 is 0 Å².